The van der Waals surface area contributed by atoms with Gasteiger partial charge in [0.15, 0.2) is 0 Å². The summed E-state index contributed by atoms with van der Waals surface area (Å²) < 4.78 is 5.37. The number of carbonyl (C=O) groups is 3. The number of nitrogens with one attached hydrogen (secondary N) is 1. The van der Waals surface area contributed by atoms with Crippen LogP contribution in [0.1, 0.15) is 46.6 Å². The molecule has 0 bridgehead atoms. The smallest absolute Gasteiger partial charge is 0.310 e. The van der Waals surface area contributed by atoms with E-state index in [1.54, 1.807) is 6.92 Å². The Balaban J connectivity index is 2.05. The Bertz CT molecular complexity index is 907. The minimum Gasteiger partial charge on any atom is -0.466 e. The summed E-state index contributed by atoms with van der Waals surface area (Å²) in [4.78, 5) is 42.1. The lowest BCUT2D eigenvalue weighted by atomic mass is 9.69. The predicted molar refractivity (Wildman–Crippen MR) is 130 cm³/mol. The van der Waals surface area contributed by atoms with Crippen LogP contribution in [0.2, 0.25) is 0 Å². The number of fused-ring (bicyclic) bond motifs is 1. The van der Waals surface area contributed by atoms with Crippen LogP contribution in [0.3, 0.4) is 0 Å². The summed E-state index contributed by atoms with van der Waals surface area (Å²) in [6.07, 6.45) is 4.98. The summed E-state index contributed by atoms with van der Waals surface area (Å²) in [5.41, 5.74) is 0.464. The van der Waals surface area contributed by atoms with E-state index in [2.05, 4.69) is 5.32 Å². The van der Waals surface area contributed by atoms with E-state index in [0.29, 0.717) is 12.8 Å². The van der Waals surface area contributed by atoms with E-state index >= 15 is 0 Å². The Labute approximate surface area is 202 Å². The van der Waals surface area contributed by atoms with Crippen LogP contribution in [0.5, 0.6) is 0 Å². The molecule has 7 heteroatoms. The number of rotatable bonds is 8. The maximum absolute atomic E-state index is 14.0. The molecule has 1 aliphatic carbocycles. The van der Waals surface area contributed by atoms with Crippen molar-refractivity contribution in [2.75, 3.05) is 13.2 Å². The van der Waals surface area contributed by atoms with Crippen molar-refractivity contribution in [3.8, 4) is 0 Å². The minimum absolute atomic E-state index is 0.141. The van der Waals surface area contributed by atoms with Crippen LogP contribution in [-0.4, -0.2) is 58.6 Å². The molecule has 1 aromatic carbocycles. The maximum atomic E-state index is 14.0. The van der Waals surface area contributed by atoms with Crippen LogP contribution in [-0.2, 0) is 25.5 Å². The van der Waals surface area contributed by atoms with Crippen molar-refractivity contribution in [3.05, 3.63) is 48.0 Å². The number of ether oxygens (including phenoxy) is 1. The molecule has 0 saturated carbocycles. The fourth-order valence-corrected chi connectivity index (χ4v) is 5.37. The monoisotopic (exact) mass is 470 g/mol. The molecule has 1 aromatic rings. The van der Waals surface area contributed by atoms with Crippen LogP contribution in [0.4, 0.5) is 0 Å². The third-order valence-corrected chi connectivity index (χ3v) is 6.76. The molecule has 7 nitrogen and oxygen atoms in total. The minimum atomic E-state index is -0.816. The Morgan fingerprint density at radius 3 is 2.38 bits per heavy atom. The lowest BCUT2D eigenvalue weighted by Gasteiger charge is -2.35. The highest BCUT2D eigenvalue weighted by atomic mass is 16.5. The van der Waals surface area contributed by atoms with E-state index in [-0.39, 0.29) is 30.9 Å². The molecule has 186 valence electrons. The quantitative estimate of drug-likeness (QED) is 0.450. The van der Waals surface area contributed by atoms with E-state index in [0.717, 1.165) is 5.56 Å². The van der Waals surface area contributed by atoms with Gasteiger partial charge in [-0.2, -0.15) is 0 Å². The second kappa shape index (κ2) is 10.7. The number of carbonyl (C=O) groups excluding carboxylic acids is 3. The number of esters is 1. The van der Waals surface area contributed by atoms with Gasteiger partial charge in [-0.25, -0.2) is 0 Å². The van der Waals surface area contributed by atoms with Gasteiger partial charge in [0.25, 0.3) is 0 Å². The van der Waals surface area contributed by atoms with Gasteiger partial charge in [-0.05, 0) is 52.0 Å². The molecule has 1 aliphatic heterocycles. The molecular formula is C27H38N2O5. The number of aliphatic hydroxyl groups is 1. The van der Waals surface area contributed by atoms with Crippen LogP contribution < -0.4 is 5.32 Å². The van der Waals surface area contributed by atoms with E-state index in [1.807, 2.05) is 70.2 Å². The van der Waals surface area contributed by atoms with Gasteiger partial charge in [-0.15, -0.1) is 0 Å². The molecule has 3 rings (SSSR count). The molecule has 6 atom stereocenters. The van der Waals surface area contributed by atoms with Gasteiger partial charge >= 0.3 is 5.97 Å². The van der Waals surface area contributed by atoms with Gasteiger partial charge in [0.1, 0.15) is 6.04 Å². The fourth-order valence-electron chi connectivity index (χ4n) is 5.37. The van der Waals surface area contributed by atoms with Crippen LogP contribution in [0.25, 0.3) is 0 Å². The van der Waals surface area contributed by atoms with E-state index in [1.165, 1.54) is 4.90 Å². The van der Waals surface area contributed by atoms with Crippen molar-refractivity contribution < 1.29 is 24.2 Å². The lowest BCUT2D eigenvalue weighted by Crippen LogP contribution is -2.56. The van der Waals surface area contributed by atoms with Crippen LogP contribution in [0, 0.1) is 23.7 Å². The molecule has 0 spiro atoms. The molecule has 1 heterocycles. The zero-order chi connectivity index (χ0) is 25.0. The summed E-state index contributed by atoms with van der Waals surface area (Å²) in [6.45, 7) is 9.34. The number of nitrogens with zero attached hydrogens (tertiary/aromatic N) is 1. The van der Waals surface area contributed by atoms with E-state index in [4.69, 9.17) is 4.74 Å². The van der Waals surface area contributed by atoms with Crippen molar-refractivity contribution >= 4 is 17.8 Å². The summed E-state index contributed by atoms with van der Waals surface area (Å²) in [7, 11) is 0. The molecule has 2 amide bonds. The van der Waals surface area contributed by atoms with Crippen molar-refractivity contribution in [1.82, 2.24) is 10.2 Å². The first-order chi connectivity index (χ1) is 16.1. The molecule has 34 heavy (non-hydrogen) atoms. The predicted octanol–water partition coefficient (Wildman–Crippen LogP) is 2.72. The van der Waals surface area contributed by atoms with Gasteiger partial charge in [0.05, 0.1) is 31.1 Å². The third-order valence-electron chi connectivity index (χ3n) is 6.76. The zero-order valence-electron chi connectivity index (χ0n) is 20.9. The largest absolute Gasteiger partial charge is 0.466 e. The van der Waals surface area contributed by atoms with Crippen molar-refractivity contribution in [3.63, 3.8) is 0 Å². The SMILES string of the molecule is CCOC(=O)[C@H]1[C@@H]2C(=O)N([C@@H](CO)Cc3ccccc3)[C@H](C(=O)NC(C)(C)C)[C@H]2C=C[C@H]1CC. The molecule has 1 fully saturated rings. The number of hydrogen-bond donors (Lipinski definition) is 2. The number of allylic oxidation sites excluding steroid dienone is 1. The Kier molecular flexibility index (Phi) is 8.18. The molecule has 2 aliphatic rings. The first-order valence-corrected chi connectivity index (χ1v) is 12.3. The number of amides is 2. The average Bonchev–Trinajstić information content (AvgIpc) is 3.09. The summed E-state index contributed by atoms with van der Waals surface area (Å²) in [5.74, 6) is -2.92. The molecule has 1 saturated heterocycles. The summed E-state index contributed by atoms with van der Waals surface area (Å²) in [5, 5.41) is 13.4. The van der Waals surface area contributed by atoms with Crippen molar-refractivity contribution in [2.24, 2.45) is 23.7 Å². The molecule has 0 radical (unpaired) electrons. The van der Waals surface area contributed by atoms with Crippen molar-refractivity contribution in [1.29, 1.82) is 0 Å². The number of likely N-dealkylation sites (tertiary alicyclic amines) is 1. The Morgan fingerprint density at radius 1 is 1.15 bits per heavy atom. The summed E-state index contributed by atoms with van der Waals surface area (Å²) >= 11 is 0. The van der Waals surface area contributed by atoms with Crippen LogP contribution in [0.15, 0.2) is 42.5 Å². The van der Waals surface area contributed by atoms with Gasteiger partial charge in [0.2, 0.25) is 11.8 Å². The zero-order valence-corrected chi connectivity index (χ0v) is 20.9. The molecule has 0 aromatic heterocycles. The van der Waals surface area contributed by atoms with Gasteiger partial charge < -0.3 is 20.1 Å². The highest BCUT2D eigenvalue weighted by molar-refractivity contribution is 5.96. The van der Waals surface area contributed by atoms with Gasteiger partial charge in [-0.1, -0.05) is 49.4 Å². The van der Waals surface area contributed by atoms with Gasteiger partial charge in [-0.3, -0.25) is 14.4 Å². The Morgan fingerprint density at radius 2 is 1.82 bits per heavy atom. The van der Waals surface area contributed by atoms with Crippen molar-refractivity contribution in [2.45, 2.75) is 65.1 Å². The standard InChI is InChI=1S/C27H38N2O5/c1-6-18-13-14-20-22(21(18)26(33)34-7-2)25(32)29(23(20)24(31)28-27(3,4)5)19(16-30)15-17-11-9-8-10-12-17/h8-14,18-23,30H,6-7,15-16H2,1-5H3,(H,28,31)/t18-,19-,20+,21-,22-,23+/m1/s1. The second-order valence-corrected chi connectivity index (χ2v) is 10.3. The normalized spacial score (nSPS) is 27.3. The first-order valence-electron chi connectivity index (χ1n) is 12.3. The number of aliphatic hydroxyl groups excluding tert-OH is 1. The van der Waals surface area contributed by atoms with E-state index < -0.39 is 41.3 Å². The molecular weight excluding hydrogens is 432 g/mol. The highest BCUT2D eigenvalue weighted by Crippen LogP contribution is 2.46. The number of benzene rings is 1. The fraction of sp³-hybridized carbons (Fsp3) is 0.593. The number of hydrogen-bond acceptors (Lipinski definition) is 5. The topological polar surface area (TPSA) is 95.9 Å². The summed E-state index contributed by atoms with van der Waals surface area (Å²) in [6, 6.07) is 8.20. The van der Waals surface area contributed by atoms with Crippen LogP contribution >= 0.6 is 0 Å². The first kappa shape index (κ1) is 25.9. The molecule has 0 unspecified atom stereocenters. The Hall–Kier alpha value is -2.67. The molecule has 2 N–H and O–H groups in total. The highest BCUT2D eigenvalue weighted by Gasteiger charge is 2.59. The van der Waals surface area contributed by atoms with Gasteiger partial charge in [0, 0.05) is 11.5 Å². The van der Waals surface area contributed by atoms with E-state index in [9.17, 15) is 19.5 Å². The average molecular weight is 471 g/mol. The second-order valence-electron chi connectivity index (χ2n) is 10.3. The maximum Gasteiger partial charge on any atom is 0.310 e. The lowest BCUT2D eigenvalue weighted by molar-refractivity contribution is -0.156. The third kappa shape index (κ3) is 5.35.